The van der Waals surface area contributed by atoms with Gasteiger partial charge in [-0.15, -0.1) is 0 Å². The number of hydrogen-bond donors (Lipinski definition) is 0. The first-order valence-electron chi connectivity index (χ1n) is 11.5. The lowest BCUT2D eigenvalue weighted by atomic mass is 9.88. The van der Waals surface area contributed by atoms with Crippen LogP contribution in [-0.4, -0.2) is 25.2 Å². The molecule has 0 radical (unpaired) electrons. The number of rotatable bonds is 17. The minimum atomic E-state index is -0.0716. The molecule has 0 saturated heterocycles. The molecule has 0 atom stereocenters. The van der Waals surface area contributed by atoms with Crippen molar-refractivity contribution in [2.24, 2.45) is 0 Å². The Bertz CT molecular complexity index is 511. The molecule has 0 N–H and O–H groups in total. The van der Waals surface area contributed by atoms with Gasteiger partial charge in [0.05, 0.1) is 13.2 Å². The fraction of sp³-hybridized carbons (Fsp3) is 0.680. The molecular formula is C25H40O4. The quantitative estimate of drug-likeness (QED) is 0.217. The second-order valence-corrected chi connectivity index (χ2v) is 7.62. The minimum absolute atomic E-state index is 0.0716. The molecule has 0 bridgehead atoms. The van der Waals surface area contributed by atoms with Crippen LogP contribution in [0.15, 0.2) is 30.3 Å². The first kappa shape index (κ1) is 25.2. The van der Waals surface area contributed by atoms with Crippen molar-refractivity contribution < 1.29 is 19.1 Å². The van der Waals surface area contributed by atoms with Crippen molar-refractivity contribution in [2.75, 3.05) is 13.2 Å². The summed E-state index contributed by atoms with van der Waals surface area (Å²) in [5.74, 6) is 0.460. The maximum atomic E-state index is 11.4. The third-order valence-electron chi connectivity index (χ3n) is 5.25. The molecule has 1 aromatic carbocycles. The van der Waals surface area contributed by atoms with Crippen LogP contribution in [0.5, 0.6) is 0 Å². The average Bonchev–Trinajstić information content (AvgIpc) is 2.72. The lowest BCUT2D eigenvalue weighted by Crippen LogP contribution is -2.03. The Morgan fingerprint density at radius 3 is 1.59 bits per heavy atom. The van der Waals surface area contributed by atoms with E-state index in [1.807, 2.05) is 13.8 Å². The normalized spacial score (nSPS) is 10.9. The summed E-state index contributed by atoms with van der Waals surface area (Å²) in [6.45, 7) is 4.64. The summed E-state index contributed by atoms with van der Waals surface area (Å²) in [6.07, 6.45) is 12.3. The maximum Gasteiger partial charge on any atom is 0.305 e. The highest BCUT2D eigenvalue weighted by atomic mass is 16.5. The summed E-state index contributed by atoms with van der Waals surface area (Å²) < 4.78 is 9.95. The van der Waals surface area contributed by atoms with Crippen molar-refractivity contribution in [2.45, 2.75) is 96.8 Å². The van der Waals surface area contributed by atoms with Gasteiger partial charge < -0.3 is 9.47 Å². The molecule has 0 spiro atoms. The number of carbonyl (C=O) groups is 2. The Balaban J connectivity index is 2.24. The summed E-state index contributed by atoms with van der Waals surface area (Å²) in [7, 11) is 0. The van der Waals surface area contributed by atoms with Gasteiger partial charge in [0.15, 0.2) is 0 Å². The molecule has 0 aliphatic carbocycles. The maximum absolute atomic E-state index is 11.4. The molecule has 4 heteroatoms. The van der Waals surface area contributed by atoms with Crippen LogP contribution in [0.2, 0.25) is 0 Å². The van der Waals surface area contributed by atoms with Crippen LogP contribution in [-0.2, 0) is 19.1 Å². The predicted molar refractivity (Wildman–Crippen MR) is 118 cm³/mol. The van der Waals surface area contributed by atoms with Crippen LogP contribution < -0.4 is 0 Å². The van der Waals surface area contributed by atoms with Crippen LogP contribution >= 0.6 is 0 Å². The molecule has 164 valence electrons. The monoisotopic (exact) mass is 404 g/mol. The Hall–Kier alpha value is -1.84. The Morgan fingerprint density at radius 1 is 0.690 bits per heavy atom. The zero-order valence-corrected chi connectivity index (χ0v) is 18.5. The van der Waals surface area contributed by atoms with Gasteiger partial charge in [0, 0.05) is 12.8 Å². The van der Waals surface area contributed by atoms with E-state index in [2.05, 4.69) is 30.3 Å². The van der Waals surface area contributed by atoms with Crippen molar-refractivity contribution in [3.8, 4) is 0 Å². The van der Waals surface area contributed by atoms with E-state index in [0.717, 1.165) is 25.7 Å². The van der Waals surface area contributed by atoms with Crippen molar-refractivity contribution in [1.82, 2.24) is 0 Å². The lowest BCUT2D eigenvalue weighted by molar-refractivity contribution is -0.144. The van der Waals surface area contributed by atoms with Gasteiger partial charge in [-0.05, 0) is 51.0 Å². The molecule has 0 fully saturated rings. The molecule has 0 heterocycles. The van der Waals surface area contributed by atoms with Gasteiger partial charge in [0.2, 0.25) is 0 Å². The fourth-order valence-electron chi connectivity index (χ4n) is 3.70. The Morgan fingerprint density at radius 2 is 1.14 bits per heavy atom. The largest absolute Gasteiger partial charge is 0.466 e. The van der Waals surface area contributed by atoms with E-state index in [1.165, 1.54) is 44.1 Å². The lowest BCUT2D eigenvalue weighted by Gasteiger charge is -2.17. The minimum Gasteiger partial charge on any atom is -0.466 e. The highest BCUT2D eigenvalue weighted by Gasteiger charge is 2.11. The number of carbonyl (C=O) groups excluding carboxylic acids is 2. The van der Waals surface area contributed by atoms with Crippen LogP contribution in [0.4, 0.5) is 0 Å². The molecular weight excluding hydrogens is 364 g/mol. The SMILES string of the molecule is CCOC(=O)CCCCCCC(CCCCCCC(=O)OCC)c1ccccc1. The standard InChI is InChI=1S/C25H40O4/c1-3-28-24(26)20-14-7-5-10-16-22(23-18-12-9-13-19-23)17-11-6-8-15-21-25(27)29-4-2/h9,12-13,18-19,22H,3-8,10-11,14-17,20-21H2,1-2H3. The van der Waals surface area contributed by atoms with E-state index in [0.29, 0.717) is 32.0 Å². The van der Waals surface area contributed by atoms with E-state index < -0.39 is 0 Å². The molecule has 1 rings (SSSR count). The van der Waals surface area contributed by atoms with Gasteiger partial charge in [0.25, 0.3) is 0 Å². The van der Waals surface area contributed by atoms with Gasteiger partial charge in [-0.25, -0.2) is 0 Å². The second kappa shape index (κ2) is 17.1. The smallest absolute Gasteiger partial charge is 0.305 e. The summed E-state index contributed by atoms with van der Waals surface area (Å²) in [5, 5.41) is 0. The first-order valence-corrected chi connectivity index (χ1v) is 11.5. The molecule has 1 aromatic rings. The summed E-state index contributed by atoms with van der Waals surface area (Å²) in [4.78, 5) is 22.8. The number of benzene rings is 1. The van der Waals surface area contributed by atoms with Crippen molar-refractivity contribution >= 4 is 11.9 Å². The third-order valence-corrected chi connectivity index (χ3v) is 5.25. The predicted octanol–water partition coefficient (Wildman–Crippen LogP) is 6.58. The number of esters is 2. The van der Waals surface area contributed by atoms with Gasteiger partial charge >= 0.3 is 11.9 Å². The molecule has 29 heavy (non-hydrogen) atoms. The fourth-order valence-corrected chi connectivity index (χ4v) is 3.70. The molecule has 0 aromatic heterocycles. The van der Waals surface area contributed by atoms with E-state index >= 15 is 0 Å². The van der Waals surface area contributed by atoms with Gasteiger partial charge in [-0.3, -0.25) is 9.59 Å². The summed E-state index contributed by atoms with van der Waals surface area (Å²) in [5.41, 5.74) is 1.44. The van der Waals surface area contributed by atoms with Crippen molar-refractivity contribution in [3.63, 3.8) is 0 Å². The van der Waals surface area contributed by atoms with Crippen molar-refractivity contribution in [1.29, 1.82) is 0 Å². The van der Waals surface area contributed by atoms with E-state index in [1.54, 1.807) is 0 Å². The molecule has 0 saturated carbocycles. The molecule has 0 aliphatic rings. The average molecular weight is 405 g/mol. The zero-order valence-electron chi connectivity index (χ0n) is 18.5. The highest BCUT2D eigenvalue weighted by Crippen LogP contribution is 2.28. The molecule has 4 nitrogen and oxygen atoms in total. The zero-order chi connectivity index (χ0) is 21.2. The van der Waals surface area contributed by atoms with E-state index in [4.69, 9.17) is 9.47 Å². The van der Waals surface area contributed by atoms with Gasteiger partial charge in [-0.1, -0.05) is 68.9 Å². The van der Waals surface area contributed by atoms with Crippen LogP contribution in [0.1, 0.15) is 102 Å². The Kier molecular flexibility index (Phi) is 14.8. The Labute approximate surface area is 177 Å². The van der Waals surface area contributed by atoms with Crippen LogP contribution in [0.3, 0.4) is 0 Å². The van der Waals surface area contributed by atoms with E-state index in [9.17, 15) is 9.59 Å². The van der Waals surface area contributed by atoms with Gasteiger partial charge in [-0.2, -0.15) is 0 Å². The third kappa shape index (κ3) is 13.1. The van der Waals surface area contributed by atoms with Crippen molar-refractivity contribution in [3.05, 3.63) is 35.9 Å². The van der Waals surface area contributed by atoms with Crippen LogP contribution in [0, 0.1) is 0 Å². The van der Waals surface area contributed by atoms with E-state index in [-0.39, 0.29) is 11.9 Å². The summed E-state index contributed by atoms with van der Waals surface area (Å²) in [6, 6.07) is 10.8. The first-order chi connectivity index (χ1) is 14.2. The van der Waals surface area contributed by atoms with Crippen LogP contribution in [0.25, 0.3) is 0 Å². The number of ether oxygens (including phenoxy) is 2. The summed E-state index contributed by atoms with van der Waals surface area (Å²) >= 11 is 0. The number of unbranched alkanes of at least 4 members (excludes halogenated alkanes) is 6. The van der Waals surface area contributed by atoms with Gasteiger partial charge in [0.1, 0.15) is 0 Å². The topological polar surface area (TPSA) is 52.6 Å². The molecule has 0 unspecified atom stereocenters. The second-order valence-electron chi connectivity index (χ2n) is 7.62. The highest BCUT2D eigenvalue weighted by molar-refractivity contribution is 5.69. The molecule has 0 amide bonds. The number of hydrogen-bond acceptors (Lipinski definition) is 4. The molecule has 0 aliphatic heterocycles.